The van der Waals surface area contributed by atoms with Crippen LogP contribution in [0.3, 0.4) is 0 Å². The first-order chi connectivity index (χ1) is 11.6. The number of hydrogen-bond donors (Lipinski definition) is 1. The maximum Gasteiger partial charge on any atom is 0.228 e. The van der Waals surface area contributed by atoms with E-state index in [1.54, 1.807) is 6.20 Å². The predicted octanol–water partition coefficient (Wildman–Crippen LogP) is 3.15. The number of nitrogens with zero attached hydrogens (tertiary/aromatic N) is 2. The Morgan fingerprint density at radius 3 is 3.00 bits per heavy atom. The van der Waals surface area contributed by atoms with Crippen molar-refractivity contribution >= 4 is 5.91 Å². The Morgan fingerprint density at radius 2 is 2.25 bits per heavy atom. The van der Waals surface area contributed by atoms with Crippen molar-refractivity contribution in [1.82, 2.24) is 15.1 Å². The van der Waals surface area contributed by atoms with E-state index in [1.165, 1.54) is 16.7 Å². The fraction of sp³-hybridized carbons (Fsp3) is 0.474. The third kappa shape index (κ3) is 3.36. The lowest BCUT2D eigenvalue weighted by atomic mass is 9.89. The van der Waals surface area contributed by atoms with Crippen molar-refractivity contribution in [3.8, 4) is 0 Å². The van der Waals surface area contributed by atoms with Gasteiger partial charge in [-0.15, -0.1) is 0 Å². The Kier molecular flexibility index (Phi) is 5.00. The van der Waals surface area contributed by atoms with E-state index in [-0.39, 0.29) is 17.9 Å². The second-order valence-electron chi connectivity index (χ2n) is 6.63. The standard InChI is InChI=1S/C19H25N3O2/c1-13-6-4-7-15(14(13)2)12-22(3)19(23)17-8-5-9-24-18(17)16-10-20-21-11-16/h4,6-7,10-11,17-18H,5,8-9,12H2,1-3H3,(H,20,21)/t17-,18+/m1/s1. The summed E-state index contributed by atoms with van der Waals surface area (Å²) in [6.07, 6.45) is 5.14. The van der Waals surface area contributed by atoms with E-state index in [2.05, 4.69) is 36.2 Å². The van der Waals surface area contributed by atoms with Crippen LogP contribution >= 0.6 is 0 Å². The molecule has 0 saturated carbocycles. The van der Waals surface area contributed by atoms with Gasteiger partial charge < -0.3 is 9.64 Å². The Bertz CT molecular complexity index is 697. The van der Waals surface area contributed by atoms with Gasteiger partial charge in [0.05, 0.1) is 18.2 Å². The molecule has 2 heterocycles. The zero-order chi connectivity index (χ0) is 17.1. The Labute approximate surface area is 143 Å². The molecular weight excluding hydrogens is 302 g/mol. The summed E-state index contributed by atoms with van der Waals surface area (Å²) in [5.41, 5.74) is 4.66. The average molecular weight is 327 g/mol. The number of aryl methyl sites for hydroxylation is 1. The molecule has 1 amide bonds. The number of rotatable bonds is 4. The van der Waals surface area contributed by atoms with Crippen LogP contribution in [-0.4, -0.2) is 34.7 Å². The van der Waals surface area contributed by atoms with Gasteiger partial charge in [0.15, 0.2) is 0 Å². The minimum absolute atomic E-state index is 0.141. The molecule has 1 aliphatic rings. The van der Waals surface area contributed by atoms with Gasteiger partial charge in [-0.2, -0.15) is 5.10 Å². The van der Waals surface area contributed by atoms with Gasteiger partial charge in [-0.05, 0) is 43.4 Å². The molecule has 0 bridgehead atoms. The molecule has 0 radical (unpaired) electrons. The van der Waals surface area contributed by atoms with Crippen LogP contribution in [0.2, 0.25) is 0 Å². The van der Waals surface area contributed by atoms with Crippen LogP contribution in [0, 0.1) is 19.8 Å². The number of aromatic nitrogens is 2. The molecule has 0 aliphatic carbocycles. The van der Waals surface area contributed by atoms with E-state index >= 15 is 0 Å². The summed E-state index contributed by atoms with van der Waals surface area (Å²) in [6, 6.07) is 6.25. The molecule has 128 valence electrons. The number of H-pyrrole nitrogens is 1. The molecule has 5 nitrogen and oxygen atoms in total. The smallest absolute Gasteiger partial charge is 0.228 e. The van der Waals surface area contributed by atoms with E-state index in [0.29, 0.717) is 13.2 Å². The average Bonchev–Trinajstić information content (AvgIpc) is 3.12. The van der Waals surface area contributed by atoms with Crippen molar-refractivity contribution in [3.63, 3.8) is 0 Å². The minimum atomic E-state index is -0.203. The summed E-state index contributed by atoms with van der Waals surface area (Å²) in [4.78, 5) is 14.8. The number of carbonyl (C=O) groups is 1. The monoisotopic (exact) mass is 327 g/mol. The first-order valence-corrected chi connectivity index (χ1v) is 8.48. The van der Waals surface area contributed by atoms with E-state index in [1.807, 2.05) is 24.2 Å². The molecule has 1 fully saturated rings. The minimum Gasteiger partial charge on any atom is -0.373 e. The van der Waals surface area contributed by atoms with Crippen LogP contribution in [0.1, 0.15) is 41.2 Å². The number of hydrogen-bond acceptors (Lipinski definition) is 3. The summed E-state index contributed by atoms with van der Waals surface area (Å²) in [7, 11) is 1.88. The number of nitrogens with one attached hydrogen (secondary N) is 1. The van der Waals surface area contributed by atoms with Crippen molar-refractivity contribution in [2.45, 2.75) is 39.3 Å². The zero-order valence-electron chi connectivity index (χ0n) is 14.6. The normalized spacial score (nSPS) is 20.8. The van der Waals surface area contributed by atoms with Crippen LogP contribution in [0.4, 0.5) is 0 Å². The number of carbonyl (C=O) groups excluding carboxylic acids is 1. The first-order valence-electron chi connectivity index (χ1n) is 8.48. The van der Waals surface area contributed by atoms with Gasteiger partial charge in [0.1, 0.15) is 0 Å². The topological polar surface area (TPSA) is 58.2 Å². The summed E-state index contributed by atoms with van der Waals surface area (Å²) >= 11 is 0. The lowest BCUT2D eigenvalue weighted by Gasteiger charge is -2.33. The zero-order valence-corrected chi connectivity index (χ0v) is 14.6. The lowest BCUT2D eigenvalue weighted by Crippen LogP contribution is -2.38. The fourth-order valence-corrected chi connectivity index (χ4v) is 3.38. The van der Waals surface area contributed by atoms with Gasteiger partial charge in [0.2, 0.25) is 5.91 Å². The number of amides is 1. The highest BCUT2D eigenvalue weighted by Gasteiger charge is 2.35. The molecule has 24 heavy (non-hydrogen) atoms. The van der Waals surface area contributed by atoms with Crippen molar-refractivity contribution in [3.05, 3.63) is 52.8 Å². The van der Waals surface area contributed by atoms with Crippen LogP contribution in [0.15, 0.2) is 30.6 Å². The molecular formula is C19H25N3O2. The van der Waals surface area contributed by atoms with Gasteiger partial charge in [-0.1, -0.05) is 18.2 Å². The molecule has 0 unspecified atom stereocenters. The first kappa shape index (κ1) is 16.7. The number of benzene rings is 1. The van der Waals surface area contributed by atoms with Gasteiger partial charge in [-0.25, -0.2) is 0 Å². The van der Waals surface area contributed by atoms with Gasteiger partial charge >= 0.3 is 0 Å². The fourth-order valence-electron chi connectivity index (χ4n) is 3.38. The lowest BCUT2D eigenvalue weighted by molar-refractivity contribution is -0.144. The van der Waals surface area contributed by atoms with Crippen LogP contribution < -0.4 is 0 Å². The van der Waals surface area contributed by atoms with Crippen molar-refractivity contribution in [2.75, 3.05) is 13.7 Å². The Morgan fingerprint density at radius 1 is 1.42 bits per heavy atom. The molecule has 2 aromatic rings. The molecule has 1 N–H and O–H groups in total. The maximum absolute atomic E-state index is 13.0. The van der Waals surface area contributed by atoms with Crippen molar-refractivity contribution < 1.29 is 9.53 Å². The summed E-state index contributed by atoms with van der Waals surface area (Å²) in [6.45, 7) is 5.53. The maximum atomic E-state index is 13.0. The van der Waals surface area contributed by atoms with E-state index in [0.717, 1.165) is 18.4 Å². The van der Waals surface area contributed by atoms with Crippen LogP contribution in [0.25, 0.3) is 0 Å². The summed E-state index contributed by atoms with van der Waals surface area (Å²) in [5.74, 6) is -0.00623. The molecule has 1 saturated heterocycles. The highest BCUT2D eigenvalue weighted by molar-refractivity contribution is 5.79. The van der Waals surface area contributed by atoms with Crippen LogP contribution in [0.5, 0.6) is 0 Å². The molecule has 3 rings (SSSR count). The molecule has 0 spiro atoms. The number of aromatic amines is 1. The summed E-state index contributed by atoms with van der Waals surface area (Å²) < 4.78 is 5.89. The van der Waals surface area contributed by atoms with Gasteiger partial charge in [0.25, 0.3) is 0 Å². The Hall–Kier alpha value is -2.14. The molecule has 2 atom stereocenters. The molecule has 1 aliphatic heterocycles. The predicted molar refractivity (Wildman–Crippen MR) is 92.4 cm³/mol. The number of ether oxygens (including phenoxy) is 1. The third-order valence-electron chi connectivity index (χ3n) is 4.99. The van der Waals surface area contributed by atoms with Gasteiger partial charge in [0, 0.05) is 32.0 Å². The van der Waals surface area contributed by atoms with Crippen molar-refractivity contribution in [2.24, 2.45) is 5.92 Å². The second-order valence-corrected chi connectivity index (χ2v) is 6.63. The van der Waals surface area contributed by atoms with Gasteiger partial charge in [-0.3, -0.25) is 9.89 Å². The second kappa shape index (κ2) is 7.18. The van der Waals surface area contributed by atoms with E-state index < -0.39 is 0 Å². The summed E-state index contributed by atoms with van der Waals surface area (Å²) in [5, 5.41) is 6.81. The molecule has 5 heteroatoms. The SMILES string of the molecule is Cc1cccc(CN(C)C(=O)[C@@H]2CCCO[C@H]2c2cn[nH]c2)c1C. The molecule has 1 aromatic heterocycles. The third-order valence-corrected chi connectivity index (χ3v) is 4.99. The Balaban J connectivity index is 1.75. The molecule has 1 aromatic carbocycles. The van der Waals surface area contributed by atoms with Crippen molar-refractivity contribution in [1.29, 1.82) is 0 Å². The largest absolute Gasteiger partial charge is 0.373 e. The highest BCUT2D eigenvalue weighted by atomic mass is 16.5. The van der Waals surface area contributed by atoms with Crippen LogP contribution in [-0.2, 0) is 16.1 Å². The highest BCUT2D eigenvalue weighted by Crippen LogP contribution is 2.34. The quantitative estimate of drug-likeness (QED) is 0.938. The van der Waals surface area contributed by atoms with E-state index in [9.17, 15) is 4.79 Å². The van der Waals surface area contributed by atoms with E-state index in [4.69, 9.17) is 4.74 Å².